The van der Waals surface area contributed by atoms with Gasteiger partial charge in [-0.15, -0.1) is 0 Å². The zero-order valence-electron chi connectivity index (χ0n) is 14.3. The van der Waals surface area contributed by atoms with Crippen LogP contribution in [0.3, 0.4) is 0 Å². The third-order valence-electron chi connectivity index (χ3n) is 3.29. The van der Waals surface area contributed by atoms with E-state index < -0.39 is 5.63 Å². The number of nitrogens with zero attached hydrogens (tertiary/aromatic N) is 1. The molecule has 5 heteroatoms. The SMILES string of the molecule is C=CCOc1c(C(C)=NC)c(=O)oc2c(C)c(O)ccc12.CC. The van der Waals surface area contributed by atoms with Crippen LogP contribution in [0.5, 0.6) is 11.5 Å². The molecular weight excluding hydrogens is 294 g/mol. The number of ether oxygens (including phenoxy) is 1. The van der Waals surface area contributed by atoms with Crippen LogP contribution in [-0.2, 0) is 0 Å². The van der Waals surface area contributed by atoms with Crippen molar-refractivity contribution in [3.63, 3.8) is 0 Å². The number of phenols is 1. The van der Waals surface area contributed by atoms with E-state index in [2.05, 4.69) is 11.6 Å². The van der Waals surface area contributed by atoms with E-state index in [1.807, 2.05) is 13.8 Å². The highest BCUT2D eigenvalue weighted by Gasteiger charge is 2.20. The van der Waals surface area contributed by atoms with Crippen molar-refractivity contribution in [2.75, 3.05) is 13.7 Å². The van der Waals surface area contributed by atoms with Gasteiger partial charge < -0.3 is 14.3 Å². The van der Waals surface area contributed by atoms with Crippen molar-refractivity contribution in [2.24, 2.45) is 4.99 Å². The van der Waals surface area contributed by atoms with Gasteiger partial charge in [-0.25, -0.2) is 4.79 Å². The Hall–Kier alpha value is -2.56. The van der Waals surface area contributed by atoms with Gasteiger partial charge in [0.25, 0.3) is 0 Å². The summed E-state index contributed by atoms with van der Waals surface area (Å²) >= 11 is 0. The molecule has 2 rings (SSSR count). The normalized spacial score (nSPS) is 10.9. The molecule has 0 spiro atoms. The molecule has 0 bridgehead atoms. The first-order valence-corrected chi connectivity index (χ1v) is 7.48. The molecule has 0 unspecified atom stereocenters. The number of benzene rings is 1. The molecule has 0 aliphatic rings. The molecule has 1 heterocycles. The lowest BCUT2D eigenvalue weighted by Crippen LogP contribution is -2.16. The molecule has 1 aromatic heterocycles. The number of aryl methyl sites for hydroxylation is 1. The van der Waals surface area contributed by atoms with E-state index >= 15 is 0 Å². The summed E-state index contributed by atoms with van der Waals surface area (Å²) in [7, 11) is 1.60. The fraction of sp³-hybridized carbons (Fsp3) is 0.333. The number of fused-ring (bicyclic) bond motifs is 1. The molecule has 0 saturated carbocycles. The minimum absolute atomic E-state index is 0.0638. The molecule has 1 N–H and O–H groups in total. The van der Waals surface area contributed by atoms with Gasteiger partial charge in [0.1, 0.15) is 29.3 Å². The molecule has 0 fully saturated rings. The summed E-state index contributed by atoms with van der Waals surface area (Å²) in [5.74, 6) is 0.460. The Kier molecular flexibility index (Phi) is 6.57. The third kappa shape index (κ3) is 3.62. The molecule has 5 nitrogen and oxygen atoms in total. The highest BCUT2D eigenvalue weighted by atomic mass is 16.5. The van der Waals surface area contributed by atoms with Gasteiger partial charge in [0, 0.05) is 18.3 Å². The molecule has 0 aliphatic carbocycles. The lowest BCUT2D eigenvalue weighted by molar-refractivity contribution is 0.362. The summed E-state index contributed by atoms with van der Waals surface area (Å²) in [6.07, 6.45) is 1.59. The maximum absolute atomic E-state index is 12.2. The zero-order valence-corrected chi connectivity index (χ0v) is 14.3. The summed E-state index contributed by atoms with van der Waals surface area (Å²) in [5.41, 5.74) is 1.07. The molecule has 23 heavy (non-hydrogen) atoms. The fourth-order valence-corrected chi connectivity index (χ4v) is 2.08. The Morgan fingerprint density at radius 1 is 1.43 bits per heavy atom. The quantitative estimate of drug-likeness (QED) is 0.528. The third-order valence-corrected chi connectivity index (χ3v) is 3.29. The van der Waals surface area contributed by atoms with Gasteiger partial charge in [-0.1, -0.05) is 26.5 Å². The van der Waals surface area contributed by atoms with E-state index in [1.165, 1.54) is 0 Å². The second-order valence-electron chi connectivity index (χ2n) is 4.59. The van der Waals surface area contributed by atoms with Crippen molar-refractivity contribution < 1.29 is 14.3 Å². The van der Waals surface area contributed by atoms with Crippen molar-refractivity contribution in [3.05, 3.63) is 46.3 Å². The van der Waals surface area contributed by atoms with Crippen molar-refractivity contribution >= 4 is 16.7 Å². The Morgan fingerprint density at radius 2 is 2.09 bits per heavy atom. The minimum atomic E-state index is -0.543. The van der Waals surface area contributed by atoms with Crippen LogP contribution in [0.15, 0.2) is 39.0 Å². The predicted octanol–water partition coefficient (Wildman–Crippen LogP) is 3.84. The van der Waals surface area contributed by atoms with Gasteiger partial charge in [-0.3, -0.25) is 4.99 Å². The van der Waals surface area contributed by atoms with Gasteiger partial charge in [0.05, 0.1) is 5.39 Å². The first kappa shape index (κ1) is 18.5. The highest BCUT2D eigenvalue weighted by molar-refractivity contribution is 6.05. The molecule has 0 radical (unpaired) electrons. The van der Waals surface area contributed by atoms with E-state index in [4.69, 9.17) is 9.15 Å². The van der Waals surface area contributed by atoms with Crippen LogP contribution in [0, 0.1) is 6.92 Å². The number of hydrogen-bond donors (Lipinski definition) is 1. The number of aliphatic imine (C=N–C) groups is 1. The second-order valence-corrected chi connectivity index (χ2v) is 4.59. The van der Waals surface area contributed by atoms with Gasteiger partial charge >= 0.3 is 5.63 Å². The van der Waals surface area contributed by atoms with E-state index in [0.29, 0.717) is 28.0 Å². The van der Waals surface area contributed by atoms with Gasteiger partial charge in [0.2, 0.25) is 0 Å². The maximum atomic E-state index is 12.2. The second kappa shape index (κ2) is 8.17. The largest absolute Gasteiger partial charge is 0.508 e. The number of hydrogen-bond acceptors (Lipinski definition) is 5. The number of phenolic OH excluding ortho intramolecular Hbond substituents is 1. The predicted molar refractivity (Wildman–Crippen MR) is 94.1 cm³/mol. The Balaban J connectivity index is 0.00000127. The molecule has 124 valence electrons. The van der Waals surface area contributed by atoms with Gasteiger partial charge in [0.15, 0.2) is 0 Å². The van der Waals surface area contributed by atoms with E-state index in [1.54, 1.807) is 39.1 Å². The van der Waals surface area contributed by atoms with Crippen LogP contribution >= 0.6 is 0 Å². The summed E-state index contributed by atoms with van der Waals surface area (Å²) in [5, 5.41) is 10.4. The van der Waals surface area contributed by atoms with E-state index in [9.17, 15) is 9.90 Å². The molecule has 0 amide bonds. The van der Waals surface area contributed by atoms with Crippen LogP contribution in [0.1, 0.15) is 31.9 Å². The Bertz CT molecular complexity index is 788. The Morgan fingerprint density at radius 3 is 2.65 bits per heavy atom. The fourth-order valence-electron chi connectivity index (χ4n) is 2.08. The lowest BCUT2D eigenvalue weighted by Gasteiger charge is -2.13. The highest BCUT2D eigenvalue weighted by Crippen LogP contribution is 2.33. The lowest BCUT2D eigenvalue weighted by atomic mass is 10.1. The summed E-state index contributed by atoms with van der Waals surface area (Å²) < 4.78 is 11.0. The Labute approximate surface area is 135 Å². The monoisotopic (exact) mass is 317 g/mol. The van der Waals surface area contributed by atoms with Crippen molar-refractivity contribution in [2.45, 2.75) is 27.7 Å². The first-order chi connectivity index (χ1) is 11.0. The number of rotatable bonds is 4. The van der Waals surface area contributed by atoms with Crippen molar-refractivity contribution in [3.8, 4) is 11.5 Å². The molecular formula is C18H23NO4. The van der Waals surface area contributed by atoms with Crippen LogP contribution in [0.4, 0.5) is 0 Å². The van der Waals surface area contributed by atoms with Crippen LogP contribution in [-0.4, -0.2) is 24.5 Å². The minimum Gasteiger partial charge on any atom is -0.508 e. The standard InChI is InChI=1S/C16H17NO4.C2H6/c1-5-8-20-15-11-6-7-12(18)9(2)14(11)21-16(19)13(15)10(3)17-4;1-2/h5-7,18H,1,8H2,2-4H3;1-2H3. The molecule has 2 aromatic rings. The van der Waals surface area contributed by atoms with E-state index in [-0.39, 0.29) is 17.9 Å². The van der Waals surface area contributed by atoms with Crippen molar-refractivity contribution in [1.29, 1.82) is 0 Å². The molecule has 0 aliphatic heterocycles. The average Bonchev–Trinajstić information content (AvgIpc) is 2.57. The summed E-state index contributed by atoms with van der Waals surface area (Å²) in [4.78, 5) is 16.3. The zero-order chi connectivity index (χ0) is 17.6. The summed E-state index contributed by atoms with van der Waals surface area (Å²) in [6, 6.07) is 3.20. The van der Waals surface area contributed by atoms with Gasteiger partial charge in [-0.05, 0) is 26.0 Å². The molecule has 0 saturated heterocycles. The van der Waals surface area contributed by atoms with Crippen molar-refractivity contribution in [1.82, 2.24) is 0 Å². The summed E-state index contributed by atoms with van der Waals surface area (Å²) in [6.45, 7) is 11.3. The smallest absolute Gasteiger partial charge is 0.349 e. The van der Waals surface area contributed by atoms with Gasteiger partial charge in [-0.2, -0.15) is 0 Å². The maximum Gasteiger partial charge on any atom is 0.349 e. The topological polar surface area (TPSA) is 72.0 Å². The van der Waals surface area contributed by atoms with E-state index in [0.717, 1.165) is 0 Å². The van der Waals surface area contributed by atoms with Crippen LogP contribution in [0.2, 0.25) is 0 Å². The first-order valence-electron chi connectivity index (χ1n) is 7.48. The van der Waals surface area contributed by atoms with Crippen LogP contribution < -0.4 is 10.4 Å². The molecule has 0 atom stereocenters. The average molecular weight is 317 g/mol. The molecule has 1 aromatic carbocycles. The number of aromatic hydroxyl groups is 1. The van der Waals surface area contributed by atoms with Crippen LogP contribution in [0.25, 0.3) is 11.0 Å².